The maximum absolute atomic E-state index is 12.5. The van der Waals surface area contributed by atoms with E-state index in [-0.39, 0.29) is 0 Å². The predicted molar refractivity (Wildman–Crippen MR) is 120 cm³/mol. The molecule has 1 fully saturated rings. The zero-order chi connectivity index (χ0) is 21.9. The second kappa shape index (κ2) is 6.74. The number of benzene rings is 3. The summed E-state index contributed by atoms with van der Waals surface area (Å²) in [5, 5.41) is 14.0. The molecule has 1 saturated heterocycles. The lowest BCUT2D eigenvalue weighted by molar-refractivity contribution is -0.152. The largest absolute Gasteiger partial charge is 0.497 e. The van der Waals surface area contributed by atoms with Gasteiger partial charge in [0.2, 0.25) is 0 Å². The SMILES string of the molecule is COc1ccc2c(c1)O[C@]13CC(C(=O)O)N(Cc4ccccc4)C[C@]21Nc1ccccc13. The van der Waals surface area contributed by atoms with Crippen molar-refractivity contribution in [2.45, 2.75) is 30.1 Å². The molecular formula is C26H24N2O4. The molecule has 6 nitrogen and oxygen atoms in total. The smallest absolute Gasteiger partial charge is 0.321 e. The Morgan fingerprint density at radius 3 is 2.69 bits per heavy atom. The lowest BCUT2D eigenvalue weighted by atomic mass is 9.68. The van der Waals surface area contributed by atoms with Crippen molar-refractivity contribution >= 4 is 11.7 Å². The van der Waals surface area contributed by atoms with E-state index in [1.165, 1.54) is 0 Å². The fourth-order valence-corrected chi connectivity index (χ4v) is 5.81. The van der Waals surface area contributed by atoms with Crippen molar-refractivity contribution in [1.82, 2.24) is 4.90 Å². The van der Waals surface area contributed by atoms with Crippen LogP contribution in [0, 0.1) is 0 Å². The van der Waals surface area contributed by atoms with Crippen molar-refractivity contribution in [3.05, 3.63) is 89.5 Å². The van der Waals surface area contributed by atoms with E-state index in [9.17, 15) is 9.90 Å². The highest BCUT2D eigenvalue weighted by atomic mass is 16.5. The first-order valence-corrected chi connectivity index (χ1v) is 10.8. The Morgan fingerprint density at radius 2 is 1.91 bits per heavy atom. The second-order valence-corrected chi connectivity index (χ2v) is 8.82. The third-order valence-corrected chi connectivity index (χ3v) is 7.21. The van der Waals surface area contributed by atoms with Gasteiger partial charge < -0.3 is 19.9 Å². The number of anilines is 1. The van der Waals surface area contributed by atoms with Crippen molar-refractivity contribution < 1.29 is 19.4 Å². The molecule has 3 aromatic rings. The number of ether oxygens (including phenoxy) is 2. The summed E-state index contributed by atoms with van der Waals surface area (Å²) in [6, 6.07) is 23.4. The van der Waals surface area contributed by atoms with Crippen LogP contribution in [0.15, 0.2) is 72.8 Å². The maximum Gasteiger partial charge on any atom is 0.321 e. The topological polar surface area (TPSA) is 71.0 Å². The van der Waals surface area contributed by atoms with Gasteiger partial charge in [0.15, 0.2) is 5.60 Å². The average Bonchev–Trinajstić information content (AvgIpc) is 3.24. The lowest BCUT2D eigenvalue weighted by Crippen LogP contribution is -2.65. The van der Waals surface area contributed by atoms with Gasteiger partial charge in [-0.2, -0.15) is 0 Å². The lowest BCUT2D eigenvalue weighted by Gasteiger charge is -2.50. The van der Waals surface area contributed by atoms with Crippen molar-refractivity contribution in [3.8, 4) is 11.5 Å². The molecule has 6 rings (SSSR count). The average molecular weight is 428 g/mol. The molecule has 0 bridgehead atoms. The fourth-order valence-electron chi connectivity index (χ4n) is 5.81. The van der Waals surface area contributed by atoms with E-state index in [1.54, 1.807) is 7.11 Å². The molecule has 0 aromatic heterocycles. The third-order valence-electron chi connectivity index (χ3n) is 7.21. The first-order chi connectivity index (χ1) is 15.6. The van der Waals surface area contributed by atoms with E-state index in [0.29, 0.717) is 19.5 Å². The predicted octanol–water partition coefficient (Wildman–Crippen LogP) is 3.96. The molecular weight excluding hydrogens is 404 g/mol. The molecule has 6 heteroatoms. The second-order valence-electron chi connectivity index (χ2n) is 8.82. The molecule has 3 aliphatic heterocycles. The van der Waals surface area contributed by atoms with Gasteiger partial charge in [0.05, 0.1) is 7.11 Å². The van der Waals surface area contributed by atoms with Crippen molar-refractivity contribution in [2.24, 2.45) is 0 Å². The van der Waals surface area contributed by atoms with Crippen LogP contribution in [0.2, 0.25) is 0 Å². The van der Waals surface area contributed by atoms with E-state index in [1.807, 2.05) is 60.7 Å². The Kier molecular flexibility index (Phi) is 4.04. The monoisotopic (exact) mass is 428 g/mol. The summed E-state index contributed by atoms with van der Waals surface area (Å²) in [5.74, 6) is 0.639. The Hall–Kier alpha value is -3.51. The highest BCUT2D eigenvalue weighted by molar-refractivity contribution is 5.77. The van der Waals surface area contributed by atoms with Gasteiger partial charge in [-0.25, -0.2) is 0 Å². The number of carboxylic acids is 1. The minimum atomic E-state index is -0.828. The molecule has 0 aliphatic carbocycles. The number of hydrogen-bond acceptors (Lipinski definition) is 5. The zero-order valence-corrected chi connectivity index (χ0v) is 17.7. The van der Waals surface area contributed by atoms with Crippen LogP contribution in [-0.4, -0.2) is 35.7 Å². The number of nitrogens with zero attached hydrogens (tertiary/aromatic N) is 1. The number of likely N-dealkylation sites (tertiary alicyclic amines) is 1. The van der Waals surface area contributed by atoms with Crippen LogP contribution >= 0.6 is 0 Å². The van der Waals surface area contributed by atoms with Gasteiger partial charge in [-0.15, -0.1) is 0 Å². The Morgan fingerprint density at radius 1 is 1.12 bits per heavy atom. The number of para-hydroxylation sites is 1. The van der Waals surface area contributed by atoms with Crippen LogP contribution in [-0.2, 0) is 22.5 Å². The highest BCUT2D eigenvalue weighted by Crippen LogP contribution is 2.64. The fraction of sp³-hybridized carbons (Fsp3) is 0.269. The Bertz CT molecular complexity index is 1210. The number of hydrogen-bond donors (Lipinski definition) is 2. The van der Waals surface area contributed by atoms with Crippen LogP contribution in [0.4, 0.5) is 5.69 Å². The van der Waals surface area contributed by atoms with Gasteiger partial charge in [-0.1, -0.05) is 48.5 Å². The third kappa shape index (κ3) is 2.47. The number of piperidine rings is 1. The van der Waals surface area contributed by atoms with Gasteiger partial charge in [0, 0.05) is 42.4 Å². The number of fused-ring (bicyclic) bond motifs is 2. The number of rotatable bonds is 4. The van der Waals surface area contributed by atoms with Crippen LogP contribution in [0.1, 0.15) is 23.1 Å². The molecule has 3 heterocycles. The number of carboxylic acid groups (broad SMARTS) is 1. The minimum Gasteiger partial charge on any atom is -0.497 e. The first kappa shape index (κ1) is 19.2. The minimum absolute atomic E-state index is 0.343. The summed E-state index contributed by atoms with van der Waals surface area (Å²) < 4.78 is 12.2. The summed E-state index contributed by atoms with van der Waals surface area (Å²) in [7, 11) is 1.64. The summed E-state index contributed by atoms with van der Waals surface area (Å²) in [6.45, 7) is 1.06. The van der Waals surface area contributed by atoms with Gasteiger partial charge in [-0.05, 0) is 23.8 Å². The number of aliphatic carboxylic acids is 1. The summed E-state index contributed by atoms with van der Waals surface area (Å²) in [5.41, 5.74) is 2.76. The number of nitrogens with one attached hydrogen (secondary N) is 1. The van der Waals surface area contributed by atoms with Crippen molar-refractivity contribution in [3.63, 3.8) is 0 Å². The molecule has 162 valence electrons. The molecule has 0 radical (unpaired) electrons. The quantitative estimate of drug-likeness (QED) is 0.656. The number of methoxy groups -OCH3 is 1. The van der Waals surface area contributed by atoms with Gasteiger partial charge in [-0.3, -0.25) is 9.69 Å². The van der Waals surface area contributed by atoms with Crippen molar-refractivity contribution in [2.75, 3.05) is 19.0 Å². The molecule has 1 unspecified atom stereocenters. The van der Waals surface area contributed by atoms with E-state index in [2.05, 4.69) is 22.3 Å². The van der Waals surface area contributed by atoms with E-state index < -0.39 is 23.2 Å². The number of carbonyl (C=O) groups is 1. The molecule has 0 amide bonds. The molecule has 3 aliphatic rings. The van der Waals surface area contributed by atoms with Crippen LogP contribution in [0.25, 0.3) is 0 Å². The summed E-state index contributed by atoms with van der Waals surface area (Å²) in [4.78, 5) is 14.5. The molecule has 3 aromatic carbocycles. The molecule has 3 atom stereocenters. The zero-order valence-electron chi connectivity index (χ0n) is 17.7. The Balaban J connectivity index is 1.52. The van der Waals surface area contributed by atoms with E-state index in [4.69, 9.17) is 9.47 Å². The Labute approximate surface area is 186 Å². The standard InChI is InChI=1S/C26H24N2O4/c1-31-18-11-12-20-23(13-18)32-26-14-22(24(29)30)28(15-17-7-3-2-4-8-17)16-25(20,26)27-21-10-6-5-9-19(21)26/h2-13,22,27H,14-16H2,1H3,(H,29,30)/t22?,25-,26-/m0/s1. The van der Waals surface area contributed by atoms with Gasteiger partial charge >= 0.3 is 5.97 Å². The normalized spacial score (nSPS) is 27.3. The van der Waals surface area contributed by atoms with Gasteiger partial charge in [0.25, 0.3) is 0 Å². The first-order valence-electron chi connectivity index (χ1n) is 10.8. The highest BCUT2D eigenvalue weighted by Gasteiger charge is 2.70. The van der Waals surface area contributed by atoms with E-state index >= 15 is 0 Å². The van der Waals surface area contributed by atoms with Gasteiger partial charge in [0.1, 0.15) is 23.1 Å². The molecule has 0 saturated carbocycles. The summed E-state index contributed by atoms with van der Waals surface area (Å²) in [6.07, 6.45) is 0.343. The molecule has 2 N–H and O–H groups in total. The molecule has 32 heavy (non-hydrogen) atoms. The van der Waals surface area contributed by atoms with E-state index in [0.717, 1.165) is 33.9 Å². The van der Waals surface area contributed by atoms with Crippen molar-refractivity contribution in [1.29, 1.82) is 0 Å². The van der Waals surface area contributed by atoms with Crippen LogP contribution < -0.4 is 14.8 Å². The molecule has 0 spiro atoms. The van der Waals surface area contributed by atoms with Crippen LogP contribution in [0.5, 0.6) is 11.5 Å². The summed E-state index contributed by atoms with van der Waals surface area (Å²) >= 11 is 0. The van der Waals surface area contributed by atoms with Crippen LogP contribution in [0.3, 0.4) is 0 Å². The maximum atomic E-state index is 12.5.